The van der Waals surface area contributed by atoms with Crippen molar-refractivity contribution in [3.8, 4) is 16.8 Å². The average molecular weight is 398 g/mol. The van der Waals surface area contributed by atoms with Crippen LogP contribution in [0.4, 0.5) is 0 Å². The number of hydrogen-bond donors (Lipinski definition) is 1. The molecule has 1 aliphatic heterocycles. The van der Waals surface area contributed by atoms with E-state index >= 15 is 0 Å². The molecule has 4 rings (SSSR count). The second kappa shape index (κ2) is 8.54. The fraction of sp³-hybridized carbons (Fsp3) is 0.286. The van der Waals surface area contributed by atoms with Crippen molar-refractivity contribution in [1.82, 2.24) is 25.2 Å². The van der Waals surface area contributed by atoms with E-state index in [4.69, 9.17) is 0 Å². The van der Waals surface area contributed by atoms with Gasteiger partial charge < -0.3 is 10.2 Å². The van der Waals surface area contributed by atoms with Gasteiger partial charge in [-0.05, 0) is 43.1 Å². The molecule has 1 saturated heterocycles. The summed E-state index contributed by atoms with van der Waals surface area (Å²) in [5.74, 6) is -0.0756. The minimum absolute atomic E-state index is 0. The number of halogens is 1. The molecule has 2 heterocycles. The Morgan fingerprint density at radius 1 is 1.11 bits per heavy atom. The topological polar surface area (TPSA) is 63.1 Å². The van der Waals surface area contributed by atoms with Crippen LogP contribution in [0.15, 0.2) is 54.6 Å². The lowest BCUT2D eigenvalue weighted by Crippen LogP contribution is -2.38. The van der Waals surface area contributed by atoms with Gasteiger partial charge in [-0.15, -0.1) is 17.5 Å². The molecule has 0 radical (unpaired) electrons. The lowest BCUT2D eigenvalue weighted by Gasteiger charge is -2.22. The number of carbonyl (C=O) groups is 1. The van der Waals surface area contributed by atoms with Gasteiger partial charge in [0.15, 0.2) is 5.69 Å². The summed E-state index contributed by atoms with van der Waals surface area (Å²) >= 11 is 0. The smallest absolute Gasteiger partial charge is 0.276 e. The quantitative estimate of drug-likeness (QED) is 0.734. The Labute approximate surface area is 171 Å². The first-order valence-electron chi connectivity index (χ1n) is 9.21. The zero-order valence-electron chi connectivity index (χ0n) is 16.0. The molecule has 1 N–H and O–H groups in total. The minimum Gasteiger partial charge on any atom is -0.336 e. The van der Waals surface area contributed by atoms with Crippen molar-refractivity contribution in [3.05, 3.63) is 66.0 Å². The van der Waals surface area contributed by atoms with Crippen molar-refractivity contribution in [3.63, 3.8) is 0 Å². The maximum atomic E-state index is 12.8. The standard InChI is InChI=1S/C21H23N5O.ClH/c1-15-20(21(27)25(2)19-12-13-22-14-19)23-24-26(15)18-10-8-17(9-11-18)16-6-4-3-5-7-16;/h3-11,19,22H,12-14H2,1-2H3;1H. The highest BCUT2D eigenvalue weighted by atomic mass is 35.5. The lowest BCUT2D eigenvalue weighted by molar-refractivity contribution is 0.0737. The minimum atomic E-state index is -0.0756. The van der Waals surface area contributed by atoms with Gasteiger partial charge in [0, 0.05) is 19.6 Å². The molecule has 0 bridgehead atoms. The normalized spacial score (nSPS) is 15.9. The Morgan fingerprint density at radius 2 is 1.79 bits per heavy atom. The Morgan fingerprint density at radius 3 is 2.43 bits per heavy atom. The molecule has 3 aromatic rings. The summed E-state index contributed by atoms with van der Waals surface area (Å²) in [6.07, 6.45) is 0.969. The van der Waals surface area contributed by atoms with Crippen molar-refractivity contribution >= 4 is 18.3 Å². The van der Waals surface area contributed by atoms with E-state index in [0.29, 0.717) is 5.69 Å². The second-order valence-electron chi connectivity index (χ2n) is 6.91. The summed E-state index contributed by atoms with van der Waals surface area (Å²) in [4.78, 5) is 14.6. The van der Waals surface area contributed by atoms with Crippen LogP contribution in [-0.4, -0.2) is 52.0 Å². The Bertz CT molecular complexity index is 933. The third kappa shape index (κ3) is 3.79. The second-order valence-corrected chi connectivity index (χ2v) is 6.91. The Balaban J connectivity index is 0.00000225. The number of amides is 1. The highest BCUT2D eigenvalue weighted by molar-refractivity contribution is 5.93. The third-order valence-electron chi connectivity index (χ3n) is 5.22. The number of nitrogens with one attached hydrogen (secondary N) is 1. The molecule has 1 aliphatic rings. The van der Waals surface area contributed by atoms with Crippen molar-refractivity contribution in [2.24, 2.45) is 0 Å². The molecule has 0 saturated carbocycles. The van der Waals surface area contributed by atoms with Crippen LogP contribution in [0.1, 0.15) is 22.6 Å². The van der Waals surface area contributed by atoms with E-state index in [2.05, 4.69) is 39.9 Å². The zero-order valence-corrected chi connectivity index (χ0v) is 16.8. The number of rotatable bonds is 4. The van der Waals surface area contributed by atoms with E-state index in [1.54, 1.807) is 9.58 Å². The van der Waals surface area contributed by atoms with Gasteiger partial charge >= 0.3 is 0 Å². The molecule has 1 fully saturated rings. The summed E-state index contributed by atoms with van der Waals surface area (Å²) in [5.41, 5.74) is 4.37. The molecule has 1 amide bonds. The molecule has 6 nitrogen and oxygen atoms in total. The Hall–Kier alpha value is -2.70. The first kappa shape index (κ1) is 20.0. The van der Waals surface area contributed by atoms with Crippen LogP contribution in [0, 0.1) is 6.92 Å². The van der Waals surface area contributed by atoms with Crippen LogP contribution in [0.2, 0.25) is 0 Å². The van der Waals surface area contributed by atoms with E-state index in [0.717, 1.165) is 36.5 Å². The molecule has 1 unspecified atom stereocenters. The largest absolute Gasteiger partial charge is 0.336 e. The highest BCUT2D eigenvalue weighted by Gasteiger charge is 2.27. The third-order valence-corrected chi connectivity index (χ3v) is 5.22. The van der Waals surface area contributed by atoms with Gasteiger partial charge in [-0.25, -0.2) is 4.68 Å². The van der Waals surface area contributed by atoms with Crippen molar-refractivity contribution in [1.29, 1.82) is 0 Å². The summed E-state index contributed by atoms with van der Waals surface area (Å²) in [6, 6.07) is 18.6. The number of nitrogens with zero attached hydrogens (tertiary/aromatic N) is 4. The average Bonchev–Trinajstić information content (AvgIpc) is 3.38. The van der Waals surface area contributed by atoms with E-state index in [-0.39, 0.29) is 24.4 Å². The van der Waals surface area contributed by atoms with Crippen LogP contribution in [0.3, 0.4) is 0 Å². The summed E-state index contributed by atoms with van der Waals surface area (Å²) in [5, 5.41) is 11.7. The van der Waals surface area contributed by atoms with Gasteiger partial charge in [-0.1, -0.05) is 47.7 Å². The predicted molar refractivity (Wildman–Crippen MR) is 112 cm³/mol. The molecule has 28 heavy (non-hydrogen) atoms. The molecule has 1 aromatic heterocycles. The number of likely N-dealkylation sites (N-methyl/N-ethyl adjacent to an activating group) is 1. The number of aromatic nitrogens is 3. The van der Waals surface area contributed by atoms with E-state index in [1.807, 2.05) is 44.3 Å². The summed E-state index contributed by atoms with van der Waals surface area (Å²) in [6.45, 7) is 3.66. The highest BCUT2D eigenvalue weighted by Crippen LogP contribution is 2.22. The fourth-order valence-electron chi connectivity index (χ4n) is 3.50. The maximum absolute atomic E-state index is 12.8. The molecule has 7 heteroatoms. The first-order valence-corrected chi connectivity index (χ1v) is 9.21. The molecular formula is C21H24ClN5O. The van der Waals surface area contributed by atoms with Crippen LogP contribution in [0.25, 0.3) is 16.8 Å². The zero-order chi connectivity index (χ0) is 18.8. The molecule has 1 atom stereocenters. The summed E-state index contributed by atoms with van der Waals surface area (Å²) < 4.78 is 1.72. The van der Waals surface area contributed by atoms with E-state index in [9.17, 15) is 4.79 Å². The monoisotopic (exact) mass is 397 g/mol. The van der Waals surface area contributed by atoms with E-state index in [1.165, 1.54) is 5.56 Å². The predicted octanol–water partition coefficient (Wildman–Crippen LogP) is 3.10. The van der Waals surface area contributed by atoms with Gasteiger partial charge in [-0.2, -0.15) is 0 Å². The SMILES string of the molecule is Cc1c(C(=O)N(C)C2CCNC2)nnn1-c1ccc(-c2ccccc2)cc1.Cl. The van der Waals surface area contributed by atoms with Gasteiger partial charge in [0.25, 0.3) is 5.91 Å². The molecule has 146 valence electrons. The van der Waals surface area contributed by atoms with Crippen molar-refractivity contribution in [2.45, 2.75) is 19.4 Å². The van der Waals surface area contributed by atoms with E-state index < -0.39 is 0 Å². The van der Waals surface area contributed by atoms with Gasteiger partial charge in [0.2, 0.25) is 0 Å². The van der Waals surface area contributed by atoms with Crippen LogP contribution in [-0.2, 0) is 0 Å². The number of benzene rings is 2. The van der Waals surface area contributed by atoms with Gasteiger partial charge in [0.05, 0.1) is 11.4 Å². The Kier molecular flexibility index (Phi) is 6.11. The van der Waals surface area contributed by atoms with Crippen molar-refractivity contribution < 1.29 is 4.79 Å². The number of carbonyl (C=O) groups excluding carboxylic acids is 1. The number of hydrogen-bond acceptors (Lipinski definition) is 4. The summed E-state index contributed by atoms with van der Waals surface area (Å²) in [7, 11) is 1.84. The van der Waals surface area contributed by atoms with Gasteiger partial charge in [-0.3, -0.25) is 4.79 Å². The van der Waals surface area contributed by atoms with Crippen LogP contribution < -0.4 is 5.32 Å². The molecule has 0 spiro atoms. The fourth-order valence-corrected chi connectivity index (χ4v) is 3.50. The van der Waals surface area contributed by atoms with Crippen LogP contribution >= 0.6 is 12.4 Å². The lowest BCUT2D eigenvalue weighted by atomic mass is 10.1. The van der Waals surface area contributed by atoms with Crippen LogP contribution in [0.5, 0.6) is 0 Å². The molecular weight excluding hydrogens is 374 g/mol. The molecule has 2 aromatic carbocycles. The van der Waals surface area contributed by atoms with Gasteiger partial charge in [0.1, 0.15) is 0 Å². The first-order chi connectivity index (χ1) is 13.1. The maximum Gasteiger partial charge on any atom is 0.276 e. The molecule has 0 aliphatic carbocycles. The van der Waals surface area contributed by atoms with Crippen molar-refractivity contribution in [2.75, 3.05) is 20.1 Å².